The Bertz CT molecular complexity index is 2380. The van der Waals surface area contributed by atoms with Crippen LogP contribution in [0, 0.1) is 5.41 Å². The van der Waals surface area contributed by atoms with Gasteiger partial charge in [-0.15, -0.1) is 13.6 Å². The molecule has 0 radical (unpaired) electrons. The van der Waals surface area contributed by atoms with Gasteiger partial charge < -0.3 is 120 Å². The number of ether oxygens (including phenoxy) is 9. The summed E-state index contributed by atoms with van der Waals surface area (Å²) >= 11 is 0. The Kier molecular flexibility index (Phi) is 34.1. The third-order valence-corrected chi connectivity index (χ3v) is 22.4. The summed E-state index contributed by atoms with van der Waals surface area (Å²) in [5.41, 5.74) is -0.791. The molecule has 0 aromatic heterocycles. The average molecular weight is 1560 g/mol. The van der Waals surface area contributed by atoms with Gasteiger partial charge in [0.25, 0.3) is 0 Å². The van der Waals surface area contributed by atoms with Gasteiger partial charge in [-0.1, -0.05) is 47.6 Å². The minimum atomic E-state index is -2.84. The smallest absolute Gasteiger partial charge is 0.387 e. The molecular formula is C59H102N6O36P3+3. The standard InChI is InChI=1S/C59H99N6O36P3/c1-59(32-81-26-14-41(69)63-20-8-17-60-38(66)11-2-5-23-84-53-50(78)47(75)44(72)35(90-53)29-87-102-93-56(94-102)95-102,33-82-27-15-42(70)64-21-9-18-61-39(67)12-3-6-24-85-54-51(79)48(76)45(73)36(91-54)30-88-103-96-57(97-103)98-103)34-83-28-16-43(71)65-22-10-19-62-40(68)13-4-7-25-86-55-52(80)49(77)46(74)37(92-55)31-89-104-99-58(100-104)101-104/h35-37,44-58,72-80H,2-34H2,1H3,(H3-3,60,61,62,63,64,65,66,67,68,69,70,71)/p+3. The predicted octanol–water partition coefficient (Wildman–Crippen LogP) is -3.77. The molecule has 12 rings (SSSR count). The molecule has 0 aromatic rings. The van der Waals surface area contributed by atoms with Crippen molar-refractivity contribution >= 4 is 60.0 Å². The molecule has 15 unspecified atom stereocenters. The van der Waals surface area contributed by atoms with Crippen LogP contribution in [0.4, 0.5) is 0 Å². The molecule has 15 atom stereocenters. The fraction of sp³-hybridized carbons (Fsp3) is 0.898. The van der Waals surface area contributed by atoms with E-state index in [9.17, 15) is 74.7 Å². The number of rotatable bonds is 54. The van der Waals surface area contributed by atoms with Crippen LogP contribution in [0.2, 0.25) is 0 Å². The van der Waals surface area contributed by atoms with Gasteiger partial charge in [-0.25, -0.2) is 0 Å². The van der Waals surface area contributed by atoms with Crippen LogP contribution in [0.25, 0.3) is 0 Å². The van der Waals surface area contributed by atoms with E-state index in [1.54, 1.807) is 0 Å². The van der Waals surface area contributed by atoms with E-state index in [0.717, 1.165) is 0 Å². The molecule has 12 heterocycles. The third kappa shape index (κ3) is 25.7. The van der Waals surface area contributed by atoms with Crippen LogP contribution >= 0.6 is 24.5 Å². The van der Waals surface area contributed by atoms with Crippen molar-refractivity contribution in [2.45, 2.75) is 215 Å². The molecule has 12 saturated heterocycles. The Morgan fingerprint density at radius 1 is 0.317 bits per heavy atom. The van der Waals surface area contributed by atoms with Gasteiger partial charge in [-0.2, -0.15) is 0 Å². The highest BCUT2D eigenvalue weighted by Gasteiger charge is 2.83. The SMILES string of the molecule is CC(COCCC(=O)NCCCNC(=O)CCCCOC1OC(CO[P+]23OC(O2)O3)C(O)C(O)C1O)(COCCC(=O)NCCCNC(=O)CCCCOC1OC(CO[P+]23OC(O2)O3)C(O)C(O)C1O)COCCC(=O)NCCCNC(=O)CCCCOC1OC(CO[P+]23OC(O2)O3)C(O)C(O)C1O. The lowest BCUT2D eigenvalue weighted by Gasteiger charge is -2.43. The zero-order valence-electron chi connectivity index (χ0n) is 57.6. The molecule has 12 aliphatic rings. The number of hydrogen-bond donors (Lipinski definition) is 15. The van der Waals surface area contributed by atoms with E-state index in [2.05, 4.69) is 31.9 Å². The first-order valence-electron chi connectivity index (χ1n) is 35.0. The number of carbonyl (C=O) groups is 6. The number of aliphatic hydroxyl groups excluding tert-OH is 9. The number of aliphatic hydroxyl groups is 9. The lowest BCUT2D eigenvalue weighted by molar-refractivity contribution is -0.362. The molecule has 6 bridgehead atoms. The molecule has 0 saturated carbocycles. The van der Waals surface area contributed by atoms with Gasteiger partial charge in [-0.3, -0.25) is 28.8 Å². The van der Waals surface area contributed by atoms with E-state index in [1.165, 1.54) is 0 Å². The van der Waals surface area contributed by atoms with Crippen LogP contribution in [-0.2, 0) is 126 Å². The van der Waals surface area contributed by atoms with E-state index in [0.29, 0.717) is 77.4 Å². The van der Waals surface area contributed by atoms with Gasteiger partial charge in [0.05, 0.1) is 39.6 Å². The monoisotopic (exact) mass is 1560 g/mol. The van der Waals surface area contributed by atoms with Crippen molar-refractivity contribution < 1.29 is 172 Å². The van der Waals surface area contributed by atoms with E-state index in [-0.39, 0.29) is 173 Å². The first kappa shape index (κ1) is 84.9. The van der Waals surface area contributed by atoms with Gasteiger partial charge in [-0.05, 0) is 57.8 Å². The maximum atomic E-state index is 12.7. The Balaban J connectivity index is 0.588. The molecule has 104 heavy (non-hydrogen) atoms. The van der Waals surface area contributed by atoms with Crippen molar-refractivity contribution in [2.24, 2.45) is 5.41 Å². The molecule has 12 aliphatic heterocycles. The second kappa shape index (κ2) is 41.8. The first-order valence-corrected chi connectivity index (χ1v) is 39.4. The Labute approximate surface area is 600 Å². The van der Waals surface area contributed by atoms with Crippen molar-refractivity contribution in [3.05, 3.63) is 0 Å². The number of nitrogens with one attached hydrogen (secondary N) is 6. The molecule has 15 N–H and O–H groups in total. The molecule has 596 valence electrons. The normalized spacial score (nSPS) is 34.7. The molecule has 45 heteroatoms. The Morgan fingerprint density at radius 2 is 0.558 bits per heavy atom. The number of hydrogen-bond acceptors (Lipinski definition) is 36. The summed E-state index contributed by atoms with van der Waals surface area (Å²) in [4.78, 5) is 75.6. The molecular weight excluding hydrogens is 1460 g/mol. The van der Waals surface area contributed by atoms with Crippen molar-refractivity contribution in [1.29, 1.82) is 0 Å². The van der Waals surface area contributed by atoms with Crippen molar-refractivity contribution in [3.8, 4) is 0 Å². The predicted molar refractivity (Wildman–Crippen MR) is 346 cm³/mol. The van der Waals surface area contributed by atoms with Crippen molar-refractivity contribution in [3.63, 3.8) is 0 Å². The lowest BCUT2D eigenvalue weighted by Crippen LogP contribution is -2.59. The molecule has 0 aromatic carbocycles. The summed E-state index contributed by atoms with van der Waals surface area (Å²) in [6.07, 6.45) is -16.2. The fourth-order valence-corrected chi connectivity index (χ4v) is 14.4. The third-order valence-electron chi connectivity index (χ3n) is 17.1. The highest BCUT2D eigenvalue weighted by molar-refractivity contribution is 7.60. The van der Waals surface area contributed by atoms with E-state index >= 15 is 0 Å². The minimum absolute atomic E-state index is 0.0194. The van der Waals surface area contributed by atoms with Crippen LogP contribution in [0.15, 0.2) is 0 Å². The van der Waals surface area contributed by atoms with E-state index < -0.39 is 141 Å². The van der Waals surface area contributed by atoms with Gasteiger partial charge in [0.1, 0.15) is 93.1 Å². The van der Waals surface area contributed by atoms with Crippen molar-refractivity contribution in [1.82, 2.24) is 31.9 Å². The summed E-state index contributed by atoms with van der Waals surface area (Å²) < 4.78 is 114. The number of unbranched alkanes of at least 4 members (excludes halogenated alkanes) is 3. The van der Waals surface area contributed by atoms with Crippen LogP contribution in [-0.4, -0.2) is 311 Å². The topological polar surface area (TPSA) is 551 Å². The summed E-state index contributed by atoms with van der Waals surface area (Å²) in [7, 11) is -8.53. The lowest BCUT2D eigenvalue weighted by atomic mass is 9.94. The summed E-state index contributed by atoms with van der Waals surface area (Å²) in [5, 5.41) is 110. The minimum Gasteiger partial charge on any atom is -0.387 e. The van der Waals surface area contributed by atoms with Gasteiger partial charge >= 0.3 is 43.9 Å². The molecule has 12 fully saturated rings. The van der Waals surface area contributed by atoms with Gasteiger partial charge in [0.2, 0.25) is 35.4 Å². The zero-order chi connectivity index (χ0) is 74.3. The Hall–Kier alpha value is -3.09. The van der Waals surface area contributed by atoms with Crippen LogP contribution in [0.3, 0.4) is 0 Å². The van der Waals surface area contributed by atoms with Crippen LogP contribution in [0.5, 0.6) is 0 Å². The van der Waals surface area contributed by atoms with Gasteiger partial charge in [0, 0.05) is 103 Å². The molecule has 0 aliphatic carbocycles. The van der Waals surface area contributed by atoms with Crippen LogP contribution < -0.4 is 31.9 Å². The quantitative estimate of drug-likeness (QED) is 0.0205. The number of amides is 6. The second-order valence-electron chi connectivity index (χ2n) is 26.0. The van der Waals surface area contributed by atoms with Crippen LogP contribution in [0.1, 0.15) is 103 Å². The van der Waals surface area contributed by atoms with E-state index in [4.69, 9.17) is 96.9 Å². The molecule has 42 nitrogen and oxygen atoms in total. The maximum Gasteiger partial charge on any atom is 0.592 e. The summed E-state index contributed by atoms with van der Waals surface area (Å²) in [5.74, 6) is -1.51. The molecule has 6 amide bonds. The first-order chi connectivity index (χ1) is 49.9. The highest BCUT2D eigenvalue weighted by Crippen LogP contribution is 2.85. The second-order valence-corrected chi connectivity index (χ2v) is 31.3. The Morgan fingerprint density at radius 3 is 0.788 bits per heavy atom. The summed E-state index contributed by atoms with van der Waals surface area (Å²) in [6.45, 7) is 1.21. The molecule has 0 spiro atoms. The average Bonchev–Trinajstić information content (AvgIpc) is 0.737. The van der Waals surface area contributed by atoms with Gasteiger partial charge in [0.15, 0.2) is 18.9 Å². The largest absolute Gasteiger partial charge is 0.592 e. The highest BCUT2D eigenvalue weighted by atomic mass is 31.2. The number of carbonyl (C=O) groups excluding carboxylic acids is 6. The zero-order valence-corrected chi connectivity index (χ0v) is 60.3. The fourth-order valence-electron chi connectivity index (χ4n) is 10.9. The van der Waals surface area contributed by atoms with E-state index in [1.807, 2.05) is 6.92 Å². The maximum absolute atomic E-state index is 12.7. The summed E-state index contributed by atoms with van der Waals surface area (Å²) in [6, 6.07) is 0. The van der Waals surface area contributed by atoms with Crippen molar-refractivity contribution in [2.75, 3.05) is 119 Å².